The highest BCUT2D eigenvalue weighted by atomic mass is 16.6. The summed E-state index contributed by atoms with van der Waals surface area (Å²) in [6.07, 6.45) is 1.07. The first kappa shape index (κ1) is 13.3. The second-order valence-corrected chi connectivity index (χ2v) is 4.25. The molecule has 1 aromatic carbocycles. The topological polar surface area (TPSA) is 68.3 Å². The Morgan fingerprint density at radius 3 is 2.89 bits per heavy atom. The van der Waals surface area contributed by atoms with Crippen molar-refractivity contribution in [2.24, 2.45) is 0 Å². The van der Waals surface area contributed by atoms with E-state index < -0.39 is 4.92 Å². The highest BCUT2D eigenvalue weighted by Gasteiger charge is 2.09. The van der Waals surface area contributed by atoms with Crippen molar-refractivity contribution >= 4 is 5.69 Å². The van der Waals surface area contributed by atoms with Crippen molar-refractivity contribution in [2.75, 3.05) is 6.54 Å². The highest BCUT2D eigenvalue weighted by molar-refractivity contribution is 5.61. The molecule has 0 spiro atoms. The summed E-state index contributed by atoms with van der Waals surface area (Å²) in [4.78, 5) is 10.3. The average molecular weight is 260 g/mol. The third-order valence-electron chi connectivity index (χ3n) is 2.73. The van der Waals surface area contributed by atoms with Gasteiger partial charge in [-0.25, -0.2) is 0 Å². The number of hydrogen-bond donors (Lipinski definition) is 1. The lowest BCUT2D eigenvalue weighted by molar-refractivity contribution is -0.384. The number of furan rings is 1. The monoisotopic (exact) mass is 260 g/mol. The molecule has 1 N–H and O–H groups in total. The molecule has 0 aliphatic carbocycles. The largest absolute Gasteiger partial charge is 0.460 e. The second kappa shape index (κ2) is 6.15. The van der Waals surface area contributed by atoms with Gasteiger partial charge in [-0.15, -0.1) is 0 Å². The number of nitro benzene ring substituents is 1. The highest BCUT2D eigenvalue weighted by Crippen LogP contribution is 2.25. The summed E-state index contributed by atoms with van der Waals surface area (Å²) >= 11 is 0. The van der Waals surface area contributed by atoms with Crippen LogP contribution < -0.4 is 5.32 Å². The Bertz CT molecular complexity index is 563. The molecule has 0 amide bonds. The lowest BCUT2D eigenvalue weighted by atomic mass is 10.1. The summed E-state index contributed by atoms with van der Waals surface area (Å²) in [6, 6.07) is 10.2. The Kier molecular flexibility index (Phi) is 4.30. The van der Waals surface area contributed by atoms with Crippen LogP contribution in [0.3, 0.4) is 0 Å². The Balaban J connectivity index is 2.13. The van der Waals surface area contributed by atoms with Crippen LogP contribution in [-0.2, 0) is 6.54 Å². The van der Waals surface area contributed by atoms with E-state index in [2.05, 4.69) is 12.2 Å². The zero-order valence-corrected chi connectivity index (χ0v) is 10.8. The second-order valence-electron chi connectivity index (χ2n) is 4.25. The van der Waals surface area contributed by atoms with Gasteiger partial charge in [0.2, 0.25) is 0 Å². The van der Waals surface area contributed by atoms with Gasteiger partial charge in [0, 0.05) is 17.7 Å². The van der Waals surface area contributed by atoms with Crippen molar-refractivity contribution in [1.82, 2.24) is 5.32 Å². The first-order chi connectivity index (χ1) is 9.20. The number of non-ortho nitro benzene ring substituents is 1. The Morgan fingerprint density at radius 1 is 1.32 bits per heavy atom. The van der Waals surface area contributed by atoms with E-state index in [0.29, 0.717) is 12.3 Å². The summed E-state index contributed by atoms with van der Waals surface area (Å²) < 4.78 is 5.67. The van der Waals surface area contributed by atoms with Gasteiger partial charge in [0.25, 0.3) is 5.69 Å². The SMILES string of the molecule is CCCNCc1ccc(-c2cccc([N+](=O)[O-])c2)o1. The van der Waals surface area contributed by atoms with Gasteiger partial charge in [-0.1, -0.05) is 19.1 Å². The van der Waals surface area contributed by atoms with E-state index >= 15 is 0 Å². The van der Waals surface area contributed by atoms with Crippen molar-refractivity contribution in [1.29, 1.82) is 0 Å². The molecule has 0 saturated heterocycles. The van der Waals surface area contributed by atoms with Gasteiger partial charge in [0.15, 0.2) is 0 Å². The number of rotatable bonds is 6. The maximum absolute atomic E-state index is 10.7. The smallest absolute Gasteiger partial charge is 0.270 e. The fourth-order valence-electron chi connectivity index (χ4n) is 1.79. The Hall–Kier alpha value is -2.14. The van der Waals surface area contributed by atoms with Crippen LogP contribution in [0.1, 0.15) is 19.1 Å². The predicted molar refractivity (Wildman–Crippen MR) is 72.8 cm³/mol. The summed E-state index contributed by atoms with van der Waals surface area (Å²) in [6.45, 7) is 3.71. The van der Waals surface area contributed by atoms with Gasteiger partial charge in [0.05, 0.1) is 11.5 Å². The Morgan fingerprint density at radius 2 is 2.16 bits per heavy atom. The van der Waals surface area contributed by atoms with Crippen LogP contribution in [-0.4, -0.2) is 11.5 Å². The number of hydrogen-bond acceptors (Lipinski definition) is 4. The minimum absolute atomic E-state index is 0.0690. The number of nitro groups is 1. The minimum atomic E-state index is -0.407. The van der Waals surface area contributed by atoms with Crippen molar-refractivity contribution in [2.45, 2.75) is 19.9 Å². The summed E-state index contributed by atoms with van der Waals surface area (Å²) in [7, 11) is 0. The van der Waals surface area contributed by atoms with Crippen LogP contribution in [0.15, 0.2) is 40.8 Å². The molecule has 5 heteroatoms. The van der Waals surface area contributed by atoms with E-state index in [4.69, 9.17) is 4.42 Å². The lowest BCUT2D eigenvalue weighted by Gasteiger charge is -2.00. The summed E-state index contributed by atoms with van der Waals surface area (Å²) in [5.74, 6) is 1.48. The van der Waals surface area contributed by atoms with Gasteiger partial charge in [-0.05, 0) is 25.1 Å². The normalized spacial score (nSPS) is 10.6. The average Bonchev–Trinajstić information content (AvgIpc) is 2.88. The van der Waals surface area contributed by atoms with Gasteiger partial charge < -0.3 is 9.73 Å². The predicted octanol–water partition coefficient (Wildman–Crippen LogP) is 3.35. The minimum Gasteiger partial charge on any atom is -0.460 e. The Labute approximate surface area is 111 Å². The van der Waals surface area contributed by atoms with Gasteiger partial charge in [0.1, 0.15) is 11.5 Å². The first-order valence-corrected chi connectivity index (χ1v) is 6.25. The van der Waals surface area contributed by atoms with E-state index in [0.717, 1.165) is 24.3 Å². The fourth-order valence-corrected chi connectivity index (χ4v) is 1.79. The van der Waals surface area contributed by atoms with E-state index in [9.17, 15) is 10.1 Å². The summed E-state index contributed by atoms with van der Waals surface area (Å²) in [5.41, 5.74) is 0.787. The van der Waals surface area contributed by atoms with Crippen molar-refractivity contribution in [3.63, 3.8) is 0 Å². The number of nitrogens with one attached hydrogen (secondary N) is 1. The van der Waals surface area contributed by atoms with Crippen LogP contribution in [0.5, 0.6) is 0 Å². The van der Waals surface area contributed by atoms with Crippen molar-refractivity contribution in [3.05, 3.63) is 52.3 Å². The molecular weight excluding hydrogens is 244 g/mol. The molecule has 0 bridgehead atoms. The molecular formula is C14H16N2O3. The fraction of sp³-hybridized carbons (Fsp3) is 0.286. The number of benzene rings is 1. The molecule has 0 saturated carbocycles. The molecule has 100 valence electrons. The van der Waals surface area contributed by atoms with Crippen molar-refractivity contribution in [3.8, 4) is 11.3 Å². The maximum Gasteiger partial charge on any atom is 0.270 e. The van der Waals surface area contributed by atoms with E-state index in [1.165, 1.54) is 12.1 Å². The van der Waals surface area contributed by atoms with Crippen LogP contribution >= 0.6 is 0 Å². The third-order valence-corrected chi connectivity index (χ3v) is 2.73. The molecule has 5 nitrogen and oxygen atoms in total. The quantitative estimate of drug-likeness (QED) is 0.491. The van der Waals surface area contributed by atoms with Crippen LogP contribution in [0.2, 0.25) is 0 Å². The molecule has 0 radical (unpaired) electrons. The zero-order valence-electron chi connectivity index (χ0n) is 10.8. The van der Waals surface area contributed by atoms with Crippen LogP contribution in [0.25, 0.3) is 11.3 Å². The first-order valence-electron chi connectivity index (χ1n) is 6.25. The van der Waals surface area contributed by atoms with Crippen molar-refractivity contribution < 1.29 is 9.34 Å². The molecule has 1 aromatic heterocycles. The molecule has 0 aliphatic rings. The summed E-state index contributed by atoms with van der Waals surface area (Å²) in [5, 5.41) is 14.0. The molecule has 2 aromatic rings. The number of nitrogens with zero attached hydrogens (tertiary/aromatic N) is 1. The lowest BCUT2D eigenvalue weighted by Crippen LogP contribution is -2.12. The standard InChI is InChI=1S/C14H16N2O3/c1-2-8-15-10-13-6-7-14(19-13)11-4-3-5-12(9-11)16(17)18/h3-7,9,15H,2,8,10H2,1H3. The molecule has 0 atom stereocenters. The molecule has 0 fully saturated rings. The molecule has 1 heterocycles. The van der Waals surface area contributed by atoms with E-state index in [1.807, 2.05) is 12.1 Å². The van der Waals surface area contributed by atoms with E-state index in [1.54, 1.807) is 12.1 Å². The molecule has 19 heavy (non-hydrogen) atoms. The third kappa shape index (κ3) is 3.42. The zero-order chi connectivity index (χ0) is 13.7. The molecule has 0 aliphatic heterocycles. The van der Waals surface area contributed by atoms with Crippen LogP contribution in [0, 0.1) is 10.1 Å². The van der Waals surface area contributed by atoms with Crippen LogP contribution in [0.4, 0.5) is 5.69 Å². The van der Waals surface area contributed by atoms with Gasteiger partial charge in [-0.2, -0.15) is 0 Å². The maximum atomic E-state index is 10.7. The molecule has 0 unspecified atom stereocenters. The molecule has 2 rings (SSSR count). The van der Waals surface area contributed by atoms with E-state index in [-0.39, 0.29) is 5.69 Å². The van der Waals surface area contributed by atoms with Gasteiger partial charge in [-0.3, -0.25) is 10.1 Å². The van der Waals surface area contributed by atoms with Gasteiger partial charge >= 0.3 is 0 Å².